The Kier molecular flexibility index (Phi) is 4.10. The Morgan fingerprint density at radius 1 is 1.48 bits per heavy atom. The van der Waals surface area contributed by atoms with E-state index in [-0.39, 0.29) is 5.56 Å². The number of fused-ring (bicyclic) bond motifs is 1. The van der Waals surface area contributed by atoms with Crippen molar-refractivity contribution in [2.45, 2.75) is 19.6 Å². The Bertz CT molecular complexity index is 867. The Morgan fingerprint density at radius 2 is 2.17 bits per heavy atom. The van der Waals surface area contributed by atoms with Crippen molar-refractivity contribution in [3.63, 3.8) is 0 Å². The summed E-state index contributed by atoms with van der Waals surface area (Å²) >= 11 is 9.51. The largest absolute Gasteiger partial charge is 0.497 e. The molecule has 1 N–H and O–H groups in total. The molecule has 0 fully saturated rings. The molecule has 1 aliphatic rings. The summed E-state index contributed by atoms with van der Waals surface area (Å²) in [7, 11) is 1.60. The summed E-state index contributed by atoms with van der Waals surface area (Å²) in [4.78, 5) is 16.8. The van der Waals surface area contributed by atoms with Gasteiger partial charge in [-0.25, -0.2) is 4.99 Å². The monoisotopic (exact) mass is 396 g/mol. The molecule has 120 valence electrons. The van der Waals surface area contributed by atoms with Gasteiger partial charge >= 0.3 is 0 Å². The third kappa shape index (κ3) is 3.14. The number of hydrogen-bond donors (Lipinski definition) is 1. The van der Waals surface area contributed by atoms with Gasteiger partial charge in [0, 0.05) is 0 Å². The first kappa shape index (κ1) is 14.8. The lowest BCUT2D eigenvalue weighted by atomic mass is 10.2. The number of rotatable bonds is 3. The molecule has 0 amide bonds. The summed E-state index contributed by atoms with van der Waals surface area (Å²) in [5, 5.41) is 1.50. The molecule has 0 aliphatic carbocycles. The number of benzene rings is 1. The van der Waals surface area contributed by atoms with Gasteiger partial charge in [-0.2, -0.15) is 0 Å². The fourth-order valence-corrected chi connectivity index (χ4v) is 3.14. The maximum absolute atomic E-state index is 12.6. The number of anilines is 1. The number of ether oxygens (including phenoxy) is 1. The number of nitrogens with one attached hydrogen (secondary N) is 1. The van der Waals surface area contributed by atoms with Gasteiger partial charge in [-0.3, -0.25) is 9.36 Å². The highest BCUT2D eigenvalue weighted by Crippen LogP contribution is 2.26. The molecule has 1 aromatic heterocycles. The third-order valence-electron chi connectivity index (χ3n) is 3.55. The van der Waals surface area contributed by atoms with Crippen molar-refractivity contribution in [3.05, 3.63) is 56.3 Å². The topological polar surface area (TPSA) is 55.6 Å². The van der Waals surface area contributed by atoms with E-state index in [1.807, 2.05) is 24.3 Å². The van der Waals surface area contributed by atoms with Crippen molar-refractivity contribution < 1.29 is 6.15 Å². The van der Waals surface area contributed by atoms with Gasteiger partial charge < -0.3 is 10.0 Å². The first-order valence-corrected chi connectivity index (χ1v) is 8.17. The Hall–Kier alpha value is -1.79. The second-order valence-corrected chi connectivity index (χ2v) is 6.36. The summed E-state index contributed by atoms with van der Waals surface area (Å²) in [6.07, 6.45) is -0.465. The van der Waals surface area contributed by atoms with Crippen LogP contribution in [0.2, 0.25) is 1.41 Å². The number of pyridine rings is 1. The first-order valence-electron chi connectivity index (χ1n) is 7.45. The lowest BCUT2D eigenvalue weighted by Crippen LogP contribution is -2.31. The molecule has 2 aromatic rings. The highest BCUT2D eigenvalue weighted by atomic mass is 79.9. The number of nitrogens with zero attached hydrogens (tertiary/aromatic N) is 2. The Morgan fingerprint density at radius 3 is 2.83 bits per heavy atom. The second-order valence-electron chi connectivity index (χ2n) is 5.15. The Labute approximate surface area is 148 Å². The van der Waals surface area contributed by atoms with Gasteiger partial charge in [-0.05, 0) is 46.6 Å². The predicted molar refractivity (Wildman–Crippen MR) is 96.0 cm³/mol. The minimum absolute atomic E-state index is 0.222. The molecule has 0 spiro atoms. The molecule has 3 rings (SSSR count). The number of aliphatic imine (C=N–C) groups is 1. The van der Waals surface area contributed by atoms with Crippen molar-refractivity contribution in [2.24, 2.45) is 4.99 Å². The van der Waals surface area contributed by atoms with Crippen molar-refractivity contribution >= 4 is 38.5 Å². The third-order valence-corrected chi connectivity index (χ3v) is 4.42. The molecule has 0 saturated heterocycles. The quantitative estimate of drug-likeness (QED) is 0.863. The fraction of sp³-hybridized carbons (Fsp3) is 0.250. The average molecular weight is 398 g/mol. The van der Waals surface area contributed by atoms with Crippen LogP contribution in [0.3, 0.4) is 0 Å². The van der Waals surface area contributed by atoms with Gasteiger partial charge in [0.25, 0.3) is 5.56 Å². The lowest BCUT2D eigenvalue weighted by Gasteiger charge is -2.24. The minimum Gasteiger partial charge on any atom is -0.497 e. The van der Waals surface area contributed by atoms with E-state index < -0.39 is 6.17 Å². The van der Waals surface area contributed by atoms with Crippen LogP contribution in [0, 0.1) is 0 Å². The van der Waals surface area contributed by atoms with Crippen LogP contribution in [0.4, 0.5) is 5.82 Å². The SMILES string of the molecule is [2H]N1c2c(cc(Br)c(=O)n2Cc2ccc(OC)cc2)C(Cl)=NC1C. The van der Waals surface area contributed by atoms with E-state index in [9.17, 15) is 4.79 Å². The summed E-state index contributed by atoms with van der Waals surface area (Å²) < 4.78 is 15.3. The molecule has 0 bridgehead atoms. The summed E-state index contributed by atoms with van der Waals surface area (Å²) in [6.45, 7) is 2.07. The van der Waals surface area contributed by atoms with E-state index in [0.717, 1.165) is 11.3 Å². The van der Waals surface area contributed by atoms with Gasteiger partial charge in [0.15, 0.2) is 1.41 Å². The zero-order valence-electron chi connectivity index (χ0n) is 13.6. The van der Waals surface area contributed by atoms with Crippen LogP contribution in [0.1, 0.15) is 18.1 Å². The molecular weight excluding hydrogens is 382 g/mol. The zero-order valence-corrected chi connectivity index (χ0v) is 14.9. The summed E-state index contributed by atoms with van der Waals surface area (Å²) in [5.74, 6) is 1.18. The van der Waals surface area contributed by atoms with E-state index in [0.29, 0.717) is 27.6 Å². The van der Waals surface area contributed by atoms with Crippen molar-refractivity contribution in [1.82, 2.24) is 4.57 Å². The highest BCUT2D eigenvalue weighted by molar-refractivity contribution is 9.10. The van der Waals surface area contributed by atoms with Crippen LogP contribution < -0.4 is 15.6 Å². The second kappa shape index (κ2) is 6.37. The van der Waals surface area contributed by atoms with E-state index in [4.69, 9.17) is 17.7 Å². The van der Waals surface area contributed by atoms with Crippen molar-refractivity contribution in [2.75, 3.05) is 12.4 Å². The van der Waals surface area contributed by atoms with E-state index in [2.05, 4.69) is 20.9 Å². The minimum atomic E-state index is -0.465. The van der Waals surface area contributed by atoms with E-state index in [1.54, 1.807) is 20.1 Å². The Balaban J connectivity index is 2.13. The molecule has 1 unspecified atom stereocenters. The zero-order chi connectivity index (χ0) is 17.4. The average Bonchev–Trinajstić information content (AvgIpc) is 2.57. The highest BCUT2D eigenvalue weighted by Gasteiger charge is 2.22. The number of methoxy groups -OCH3 is 1. The van der Waals surface area contributed by atoms with Gasteiger partial charge in [0.1, 0.15) is 22.9 Å². The maximum Gasteiger partial charge on any atom is 0.266 e. The van der Waals surface area contributed by atoms with E-state index >= 15 is 0 Å². The predicted octanol–water partition coefficient (Wildman–Crippen LogP) is 3.42. The lowest BCUT2D eigenvalue weighted by molar-refractivity contribution is 0.414. The maximum atomic E-state index is 12.6. The van der Waals surface area contributed by atoms with E-state index in [1.165, 1.54) is 9.88 Å². The first-order chi connectivity index (χ1) is 11.4. The standard InChI is InChI=1S/C16H15BrClN3O2/c1-9-19-14(18)12-7-13(17)16(22)21(15(12)20-9)8-10-3-5-11(23-2)6-4-10/h3-7,9,20H,8H2,1-2H3/i/hD. The molecular formula is C16H15BrClN3O2. The smallest absolute Gasteiger partial charge is 0.266 e. The molecule has 23 heavy (non-hydrogen) atoms. The summed E-state index contributed by atoms with van der Waals surface area (Å²) in [6, 6.07) is 9.05. The summed E-state index contributed by atoms with van der Waals surface area (Å²) in [5.41, 5.74) is 1.25. The van der Waals surface area contributed by atoms with Gasteiger partial charge in [-0.1, -0.05) is 23.7 Å². The number of hydrogen-bond acceptors (Lipinski definition) is 4. The molecule has 7 heteroatoms. The molecule has 2 heterocycles. The van der Waals surface area contributed by atoms with Gasteiger partial charge in [0.2, 0.25) is 0 Å². The molecule has 1 aromatic carbocycles. The van der Waals surface area contributed by atoms with Crippen molar-refractivity contribution in [3.8, 4) is 5.75 Å². The van der Waals surface area contributed by atoms with Crippen LogP contribution in [0.25, 0.3) is 0 Å². The normalized spacial score (nSPS) is 17.4. The number of halogens is 2. The van der Waals surface area contributed by atoms with Crippen LogP contribution in [-0.2, 0) is 6.54 Å². The molecule has 0 radical (unpaired) electrons. The van der Waals surface area contributed by atoms with Crippen LogP contribution >= 0.6 is 27.5 Å². The molecule has 1 atom stereocenters. The van der Waals surface area contributed by atoms with Crippen molar-refractivity contribution in [1.29, 1.82) is 0 Å². The van der Waals surface area contributed by atoms with Crippen LogP contribution in [-0.4, -0.2) is 23.0 Å². The van der Waals surface area contributed by atoms with Crippen LogP contribution in [0.15, 0.2) is 44.6 Å². The molecule has 0 saturated carbocycles. The molecule has 1 aliphatic heterocycles. The number of aromatic nitrogens is 1. The molecule has 5 nitrogen and oxygen atoms in total. The van der Waals surface area contributed by atoms with Gasteiger partial charge in [0.05, 0.1) is 23.7 Å². The fourth-order valence-electron chi connectivity index (χ4n) is 2.41. The van der Waals surface area contributed by atoms with Crippen LogP contribution in [0.5, 0.6) is 5.75 Å². The van der Waals surface area contributed by atoms with Gasteiger partial charge in [-0.15, -0.1) is 0 Å².